The lowest BCUT2D eigenvalue weighted by Crippen LogP contribution is -2.60. The Balaban J connectivity index is 3.02. The van der Waals surface area contributed by atoms with Crippen LogP contribution in [0.1, 0.15) is 46.2 Å². The summed E-state index contributed by atoms with van der Waals surface area (Å²) in [5.41, 5.74) is 6.27. The molecule has 12 heteroatoms. The van der Waals surface area contributed by atoms with Crippen LogP contribution in [0.5, 0.6) is 0 Å². The van der Waals surface area contributed by atoms with E-state index in [9.17, 15) is 24.3 Å². The number of imidazole rings is 1. The third-order valence-corrected chi connectivity index (χ3v) is 6.11. The van der Waals surface area contributed by atoms with E-state index in [1.165, 1.54) is 12.5 Å². The lowest BCUT2D eigenvalue weighted by molar-refractivity contribution is -0.142. The summed E-state index contributed by atoms with van der Waals surface area (Å²) in [5.74, 6) is -3.28. The van der Waals surface area contributed by atoms with E-state index in [1.54, 1.807) is 13.8 Å². The number of carbonyl (C=O) groups is 4. The van der Waals surface area contributed by atoms with Gasteiger partial charge in [0.15, 0.2) is 0 Å². The highest BCUT2D eigenvalue weighted by Crippen LogP contribution is 2.13. The van der Waals surface area contributed by atoms with Crippen LogP contribution in [0.4, 0.5) is 0 Å². The number of carboxylic acid groups (broad SMARTS) is 1. The zero-order chi connectivity index (χ0) is 25.1. The first-order valence-corrected chi connectivity index (χ1v) is 11.7. The van der Waals surface area contributed by atoms with E-state index < -0.39 is 47.9 Å². The lowest BCUT2D eigenvalue weighted by Gasteiger charge is -2.30. The van der Waals surface area contributed by atoms with E-state index in [1.807, 2.05) is 13.8 Å². The number of nitrogens with one attached hydrogen (secondary N) is 4. The largest absolute Gasteiger partial charge is 0.480 e. The molecule has 33 heavy (non-hydrogen) atoms. The number of H-pyrrole nitrogens is 1. The van der Waals surface area contributed by atoms with Crippen molar-refractivity contribution < 1.29 is 24.3 Å². The van der Waals surface area contributed by atoms with E-state index in [0.717, 1.165) is 0 Å². The molecule has 6 atom stereocenters. The number of nitrogens with zero attached hydrogens (tertiary/aromatic N) is 1. The molecule has 0 aliphatic heterocycles. The molecule has 186 valence electrons. The summed E-state index contributed by atoms with van der Waals surface area (Å²) >= 11 is 4.01. The Morgan fingerprint density at radius 2 is 1.55 bits per heavy atom. The van der Waals surface area contributed by atoms with Crippen molar-refractivity contribution in [3.8, 4) is 0 Å². The van der Waals surface area contributed by atoms with Crippen LogP contribution in [0.3, 0.4) is 0 Å². The molecule has 6 unspecified atom stereocenters. The Morgan fingerprint density at radius 3 is 1.97 bits per heavy atom. The fraction of sp³-hybridized carbons (Fsp3) is 0.667. The van der Waals surface area contributed by atoms with E-state index >= 15 is 0 Å². The van der Waals surface area contributed by atoms with Crippen molar-refractivity contribution in [2.24, 2.45) is 17.6 Å². The second-order valence-electron chi connectivity index (χ2n) is 8.21. The van der Waals surface area contributed by atoms with Crippen LogP contribution in [0.25, 0.3) is 0 Å². The van der Waals surface area contributed by atoms with Crippen molar-refractivity contribution in [3.63, 3.8) is 0 Å². The van der Waals surface area contributed by atoms with Crippen molar-refractivity contribution in [1.82, 2.24) is 25.9 Å². The lowest BCUT2D eigenvalue weighted by atomic mass is 9.94. The normalized spacial score (nSPS) is 16.5. The summed E-state index contributed by atoms with van der Waals surface area (Å²) in [4.78, 5) is 56.8. The van der Waals surface area contributed by atoms with Gasteiger partial charge in [0.2, 0.25) is 17.7 Å². The number of rotatable bonds is 14. The summed E-state index contributed by atoms with van der Waals surface area (Å²) < 4.78 is 0. The fourth-order valence-corrected chi connectivity index (χ4v) is 3.23. The van der Waals surface area contributed by atoms with Gasteiger partial charge < -0.3 is 31.8 Å². The van der Waals surface area contributed by atoms with Crippen LogP contribution in [0, 0.1) is 11.8 Å². The Kier molecular flexibility index (Phi) is 11.9. The molecule has 0 bridgehead atoms. The molecule has 0 saturated heterocycles. The fourth-order valence-electron chi connectivity index (χ4n) is 3.07. The monoisotopic (exact) mass is 484 g/mol. The van der Waals surface area contributed by atoms with Crippen molar-refractivity contribution in [2.75, 3.05) is 5.75 Å². The maximum absolute atomic E-state index is 13.1. The van der Waals surface area contributed by atoms with Gasteiger partial charge in [0.05, 0.1) is 12.4 Å². The first kappa shape index (κ1) is 28.4. The average Bonchev–Trinajstić information content (AvgIpc) is 3.31. The summed E-state index contributed by atoms with van der Waals surface area (Å²) in [6.45, 7) is 7.32. The number of carboxylic acids is 1. The molecular weight excluding hydrogens is 448 g/mol. The van der Waals surface area contributed by atoms with E-state index in [0.29, 0.717) is 18.5 Å². The first-order valence-electron chi connectivity index (χ1n) is 11.0. The molecule has 11 nitrogen and oxygen atoms in total. The van der Waals surface area contributed by atoms with Crippen LogP contribution < -0.4 is 21.7 Å². The standard InChI is InChI=1S/C21H36N6O5S/c1-5-11(3)16(19(29)25-15(21(31)32)7-13-8-23-10-24-13)27-20(30)17(12(4)6-2)26-18(28)14(22)9-33/h8,10-12,14-17,33H,5-7,9,22H2,1-4H3,(H,23,24)(H,25,29)(H,26,28)(H,27,30)(H,31,32). The van der Waals surface area contributed by atoms with Gasteiger partial charge in [0.25, 0.3) is 0 Å². The van der Waals surface area contributed by atoms with Gasteiger partial charge >= 0.3 is 5.97 Å². The third kappa shape index (κ3) is 8.69. The van der Waals surface area contributed by atoms with Gasteiger partial charge in [-0.15, -0.1) is 0 Å². The van der Waals surface area contributed by atoms with Gasteiger partial charge in [0.1, 0.15) is 18.1 Å². The van der Waals surface area contributed by atoms with Crippen molar-refractivity contribution in [3.05, 3.63) is 18.2 Å². The van der Waals surface area contributed by atoms with E-state index in [2.05, 4.69) is 38.5 Å². The zero-order valence-corrected chi connectivity index (χ0v) is 20.4. The third-order valence-electron chi connectivity index (χ3n) is 5.71. The van der Waals surface area contributed by atoms with Crippen molar-refractivity contribution in [1.29, 1.82) is 0 Å². The summed E-state index contributed by atoms with van der Waals surface area (Å²) in [5, 5.41) is 17.4. The van der Waals surface area contributed by atoms with Gasteiger partial charge in [-0.1, -0.05) is 40.5 Å². The molecule has 1 aromatic rings. The minimum atomic E-state index is -1.21. The summed E-state index contributed by atoms with van der Waals surface area (Å²) in [6.07, 6.45) is 4.06. The predicted octanol–water partition coefficient (Wildman–Crippen LogP) is -0.159. The van der Waals surface area contributed by atoms with Crippen LogP contribution in [0.2, 0.25) is 0 Å². The molecule has 7 N–H and O–H groups in total. The van der Waals surface area contributed by atoms with Gasteiger partial charge in [0, 0.05) is 24.1 Å². The molecule has 1 rings (SSSR count). The second kappa shape index (κ2) is 13.8. The highest BCUT2D eigenvalue weighted by atomic mass is 32.1. The SMILES string of the molecule is CCC(C)C(NC(=O)C(N)CS)C(=O)NC(C(=O)NC(Cc1cnc[nH]1)C(=O)O)C(C)CC. The summed E-state index contributed by atoms with van der Waals surface area (Å²) in [7, 11) is 0. The molecular formula is C21H36N6O5S. The molecule has 1 heterocycles. The Hall–Kier alpha value is -2.60. The summed E-state index contributed by atoms with van der Waals surface area (Å²) in [6, 6.07) is -3.99. The molecule has 0 fully saturated rings. The molecule has 0 radical (unpaired) electrons. The smallest absolute Gasteiger partial charge is 0.326 e. The van der Waals surface area contributed by atoms with Crippen LogP contribution in [-0.4, -0.2) is 68.7 Å². The number of aliphatic carboxylic acids is 1. The maximum atomic E-state index is 13.1. The second-order valence-corrected chi connectivity index (χ2v) is 8.58. The van der Waals surface area contributed by atoms with Crippen molar-refractivity contribution >= 4 is 36.3 Å². The van der Waals surface area contributed by atoms with Crippen LogP contribution in [-0.2, 0) is 25.6 Å². The highest BCUT2D eigenvalue weighted by molar-refractivity contribution is 7.80. The Bertz CT molecular complexity index is 790. The number of aromatic amines is 1. The number of thiol groups is 1. The van der Waals surface area contributed by atoms with E-state index in [-0.39, 0.29) is 24.0 Å². The van der Waals surface area contributed by atoms with Crippen molar-refractivity contribution in [2.45, 2.75) is 71.1 Å². The van der Waals surface area contributed by atoms with Gasteiger partial charge in [-0.2, -0.15) is 12.6 Å². The van der Waals surface area contributed by atoms with Gasteiger partial charge in [-0.3, -0.25) is 14.4 Å². The maximum Gasteiger partial charge on any atom is 0.326 e. The minimum Gasteiger partial charge on any atom is -0.480 e. The molecule has 0 spiro atoms. The number of hydrogen-bond acceptors (Lipinski definition) is 7. The van der Waals surface area contributed by atoms with Crippen LogP contribution >= 0.6 is 12.6 Å². The number of aromatic nitrogens is 2. The minimum absolute atomic E-state index is 0.00934. The number of amides is 3. The molecule has 0 aromatic carbocycles. The van der Waals surface area contributed by atoms with E-state index in [4.69, 9.17) is 5.73 Å². The molecule has 0 saturated carbocycles. The first-order chi connectivity index (χ1) is 15.5. The number of hydrogen-bond donors (Lipinski definition) is 7. The quantitative estimate of drug-likeness (QED) is 0.179. The molecule has 3 amide bonds. The Labute approximate surface area is 199 Å². The average molecular weight is 485 g/mol. The van der Waals surface area contributed by atoms with Crippen LogP contribution in [0.15, 0.2) is 12.5 Å². The van der Waals surface area contributed by atoms with Gasteiger partial charge in [-0.05, 0) is 11.8 Å². The molecule has 0 aliphatic rings. The number of carbonyl (C=O) groups excluding carboxylic acids is 3. The predicted molar refractivity (Wildman–Crippen MR) is 126 cm³/mol. The molecule has 0 aliphatic carbocycles. The zero-order valence-electron chi connectivity index (χ0n) is 19.5. The highest BCUT2D eigenvalue weighted by Gasteiger charge is 2.34. The van der Waals surface area contributed by atoms with Gasteiger partial charge in [-0.25, -0.2) is 9.78 Å². The Morgan fingerprint density at radius 1 is 1.03 bits per heavy atom. The topological polar surface area (TPSA) is 179 Å². The molecule has 1 aromatic heterocycles. The number of nitrogens with two attached hydrogens (primary N) is 1.